The van der Waals surface area contributed by atoms with Crippen LogP contribution in [0.5, 0.6) is 0 Å². The van der Waals surface area contributed by atoms with Crippen LogP contribution >= 0.6 is 0 Å². The minimum atomic E-state index is -4.49. The minimum absolute atomic E-state index is 0.0426. The summed E-state index contributed by atoms with van der Waals surface area (Å²) in [4.78, 5) is 11.8. The smallest absolute Gasteiger partial charge is 0.321 e. The second-order valence-corrected chi connectivity index (χ2v) is 4.89. The van der Waals surface area contributed by atoms with Crippen LogP contribution in [0, 0.1) is 0 Å². The number of allylic oxidation sites excluding steroid dienone is 1. The highest BCUT2D eigenvalue weighted by Gasteiger charge is 2.31. The van der Waals surface area contributed by atoms with E-state index in [9.17, 15) is 18.0 Å². The molecule has 0 unspecified atom stereocenters. The van der Waals surface area contributed by atoms with E-state index in [-0.39, 0.29) is 5.69 Å². The Morgan fingerprint density at radius 2 is 2.05 bits per heavy atom. The van der Waals surface area contributed by atoms with Gasteiger partial charge >= 0.3 is 6.18 Å². The summed E-state index contributed by atoms with van der Waals surface area (Å²) in [7, 11) is 0. The molecule has 1 aromatic heterocycles. The summed E-state index contributed by atoms with van der Waals surface area (Å²) in [6, 6.07) is 4.76. The Hall–Kier alpha value is -2.57. The van der Waals surface area contributed by atoms with Gasteiger partial charge in [-0.2, -0.15) is 18.3 Å². The third-order valence-corrected chi connectivity index (χ3v) is 2.75. The predicted molar refractivity (Wildman–Crippen MR) is 76.6 cm³/mol. The summed E-state index contributed by atoms with van der Waals surface area (Å²) in [6.45, 7) is 3.44. The van der Waals surface area contributed by atoms with Gasteiger partial charge in [0.1, 0.15) is 0 Å². The van der Waals surface area contributed by atoms with Crippen LogP contribution in [-0.4, -0.2) is 15.7 Å². The van der Waals surface area contributed by atoms with Crippen LogP contribution in [-0.2, 0) is 11.0 Å². The van der Waals surface area contributed by atoms with Crippen LogP contribution < -0.4 is 5.32 Å². The summed E-state index contributed by atoms with van der Waals surface area (Å²) < 4.78 is 39.9. The molecule has 2 aromatic rings. The molecule has 0 saturated carbocycles. The fourth-order valence-corrected chi connectivity index (χ4v) is 1.85. The van der Waals surface area contributed by atoms with Crippen molar-refractivity contribution in [1.29, 1.82) is 0 Å². The van der Waals surface area contributed by atoms with Gasteiger partial charge in [-0.15, -0.1) is 0 Å². The monoisotopic (exact) mass is 309 g/mol. The standard InChI is InChI=1S/C15H14F3N3O/c1-10(2)8-14(22)20-12-9-11(15(16,17)18)4-5-13(12)21-7-3-6-19-21/h3-9H,1-2H3,(H,20,22). The number of amides is 1. The lowest BCUT2D eigenvalue weighted by Crippen LogP contribution is -2.13. The number of nitrogens with one attached hydrogen (secondary N) is 1. The Morgan fingerprint density at radius 3 is 2.59 bits per heavy atom. The molecule has 1 aromatic carbocycles. The van der Waals surface area contributed by atoms with Gasteiger partial charge in [-0.3, -0.25) is 4.79 Å². The van der Waals surface area contributed by atoms with Gasteiger partial charge in [0.25, 0.3) is 0 Å². The molecular formula is C15H14F3N3O. The lowest BCUT2D eigenvalue weighted by Gasteiger charge is -2.14. The second-order valence-electron chi connectivity index (χ2n) is 4.89. The highest BCUT2D eigenvalue weighted by molar-refractivity contribution is 6.01. The summed E-state index contributed by atoms with van der Waals surface area (Å²) in [5.41, 5.74) is 0.301. The first-order valence-electron chi connectivity index (χ1n) is 6.44. The van der Waals surface area contributed by atoms with Gasteiger partial charge in [0.05, 0.1) is 16.9 Å². The number of carbonyl (C=O) groups is 1. The highest BCUT2D eigenvalue weighted by atomic mass is 19.4. The van der Waals surface area contributed by atoms with E-state index in [0.717, 1.165) is 17.7 Å². The number of halogens is 3. The maximum Gasteiger partial charge on any atom is 0.416 e. The lowest BCUT2D eigenvalue weighted by molar-refractivity contribution is -0.137. The molecule has 0 radical (unpaired) electrons. The molecule has 1 N–H and O–H groups in total. The van der Waals surface area contributed by atoms with E-state index in [0.29, 0.717) is 5.69 Å². The van der Waals surface area contributed by atoms with Crippen molar-refractivity contribution < 1.29 is 18.0 Å². The van der Waals surface area contributed by atoms with Gasteiger partial charge in [-0.1, -0.05) is 5.57 Å². The molecular weight excluding hydrogens is 295 g/mol. The number of hydrogen-bond acceptors (Lipinski definition) is 2. The quantitative estimate of drug-likeness (QED) is 0.877. The fourth-order valence-electron chi connectivity index (χ4n) is 1.85. The normalized spacial score (nSPS) is 11.1. The van der Waals surface area contributed by atoms with Crippen LogP contribution in [0.1, 0.15) is 19.4 Å². The summed E-state index contributed by atoms with van der Waals surface area (Å²) >= 11 is 0. The average molecular weight is 309 g/mol. The Kier molecular flexibility index (Phi) is 4.35. The number of rotatable bonds is 3. The van der Waals surface area contributed by atoms with Crippen molar-refractivity contribution in [3.63, 3.8) is 0 Å². The number of alkyl halides is 3. The van der Waals surface area contributed by atoms with Gasteiger partial charge < -0.3 is 5.32 Å². The van der Waals surface area contributed by atoms with Crippen molar-refractivity contribution in [2.45, 2.75) is 20.0 Å². The van der Waals surface area contributed by atoms with Crippen LogP contribution in [0.2, 0.25) is 0 Å². The number of nitrogens with zero attached hydrogens (tertiary/aromatic N) is 2. The molecule has 0 saturated heterocycles. The molecule has 116 valence electrons. The Bertz CT molecular complexity index is 699. The molecule has 0 aliphatic rings. The molecule has 0 atom stereocenters. The van der Waals surface area contributed by atoms with Crippen molar-refractivity contribution in [3.8, 4) is 5.69 Å². The third kappa shape index (κ3) is 3.75. The SMILES string of the molecule is CC(C)=CC(=O)Nc1cc(C(F)(F)F)ccc1-n1cccn1. The zero-order chi connectivity index (χ0) is 16.3. The number of benzene rings is 1. The van der Waals surface area contributed by atoms with Gasteiger partial charge in [0.15, 0.2) is 0 Å². The van der Waals surface area contributed by atoms with Crippen LogP contribution in [0.3, 0.4) is 0 Å². The lowest BCUT2D eigenvalue weighted by atomic mass is 10.1. The van der Waals surface area contributed by atoms with Crippen molar-refractivity contribution >= 4 is 11.6 Å². The molecule has 2 rings (SSSR count). The van der Waals surface area contributed by atoms with Crippen molar-refractivity contribution in [2.75, 3.05) is 5.32 Å². The van der Waals surface area contributed by atoms with Crippen LogP contribution in [0.25, 0.3) is 5.69 Å². The predicted octanol–water partition coefficient (Wildman–Crippen LogP) is 3.80. The van der Waals surface area contributed by atoms with E-state index < -0.39 is 17.6 Å². The molecule has 4 nitrogen and oxygen atoms in total. The maximum absolute atomic E-state index is 12.8. The molecule has 0 aliphatic heterocycles. The molecule has 0 spiro atoms. The van der Waals surface area contributed by atoms with E-state index in [1.54, 1.807) is 26.1 Å². The fraction of sp³-hybridized carbons (Fsp3) is 0.200. The zero-order valence-corrected chi connectivity index (χ0v) is 12.0. The number of hydrogen-bond donors (Lipinski definition) is 1. The number of carbonyl (C=O) groups excluding carboxylic acids is 1. The third-order valence-electron chi connectivity index (χ3n) is 2.75. The Balaban J connectivity index is 2.46. The first kappa shape index (κ1) is 15.8. The van der Waals surface area contributed by atoms with E-state index in [1.807, 2.05) is 0 Å². The Morgan fingerprint density at radius 1 is 1.32 bits per heavy atom. The van der Waals surface area contributed by atoms with Crippen molar-refractivity contribution in [3.05, 3.63) is 53.9 Å². The van der Waals surface area contributed by atoms with Gasteiger partial charge in [-0.05, 0) is 38.1 Å². The Labute approximate surface area is 125 Å². The average Bonchev–Trinajstić information content (AvgIpc) is 2.90. The van der Waals surface area contributed by atoms with Gasteiger partial charge in [0.2, 0.25) is 5.91 Å². The molecule has 0 bridgehead atoms. The molecule has 7 heteroatoms. The molecule has 0 fully saturated rings. The number of anilines is 1. The van der Waals surface area contributed by atoms with Crippen LogP contribution in [0.4, 0.5) is 18.9 Å². The van der Waals surface area contributed by atoms with E-state index in [4.69, 9.17) is 0 Å². The first-order valence-corrected chi connectivity index (χ1v) is 6.44. The van der Waals surface area contributed by atoms with Crippen molar-refractivity contribution in [2.24, 2.45) is 0 Å². The zero-order valence-electron chi connectivity index (χ0n) is 12.0. The molecule has 0 aliphatic carbocycles. The van der Waals surface area contributed by atoms with Crippen LogP contribution in [0.15, 0.2) is 48.3 Å². The van der Waals surface area contributed by atoms with Crippen molar-refractivity contribution in [1.82, 2.24) is 9.78 Å². The van der Waals surface area contributed by atoms with E-state index in [2.05, 4.69) is 10.4 Å². The molecule has 1 amide bonds. The van der Waals surface area contributed by atoms with E-state index >= 15 is 0 Å². The summed E-state index contributed by atoms with van der Waals surface area (Å²) in [5.74, 6) is -0.493. The topological polar surface area (TPSA) is 46.9 Å². The maximum atomic E-state index is 12.8. The number of aromatic nitrogens is 2. The molecule has 22 heavy (non-hydrogen) atoms. The summed E-state index contributed by atoms with van der Waals surface area (Å²) in [6.07, 6.45) is -0.0930. The second kappa shape index (κ2) is 6.05. The van der Waals surface area contributed by atoms with E-state index in [1.165, 1.54) is 23.0 Å². The van der Waals surface area contributed by atoms with Gasteiger partial charge in [-0.25, -0.2) is 4.68 Å². The highest BCUT2D eigenvalue weighted by Crippen LogP contribution is 2.33. The summed E-state index contributed by atoms with van der Waals surface area (Å²) in [5, 5.41) is 6.44. The van der Waals surface area contributed by atoms with Gasteiger partial charge in [0, 0.05) is 18.5 Å². The largest absolute Gasteiger partial charge is 0.416 e. The minimum Gasteiger partial charge on any atom is -0.321 e. The first-order chi connectivity index (χ1) is 10.3. The molecule has 1 heterocycles.